The largest absolute Gasteiger partial charge is 0.481 e. The van der Waals surface area contributed by atoms with Gasteiger partial charge < -0.3 is 81.5 Å². The molecule has 2 amide bonds. The molecule has 16 N–H and O–H groups in total. The highest BCUT2D eigenvalue weighted by Gasteiger charge is 2.50. The van der Waals surface area contributed by atoms with Gasteiger partial charge in [-0.25, -0.2) is 28.6 Å². The number of anilines is 1. The van der Waals surface area contributed by atoms with Crippen LogP contribution in [-0.4, -0.2) is 195 Å². The first-order valence-electron chi connectivity index (χ1n) is 18.7. The van der Waals surface area contributed by atoms with E-state index in [1.165, 1.54) is 0 Å². The van der Waals surface area contributed by atoms with Crippen LogP contribution < -0.4 is 16.4 Å². The van der Waals surface area contributed by atoms with Gasteiger partial charge in [-0.1, -0.05) is 13.8 Å². The van der Waals surface area contributed by atoms with Gasteiger partial charge in [0, 0.05) is 30.7 Å². The van der Waals surface area contributed by atoms with Crippen molar-refractivity contribution >= 4 is 79.4 Å². The Morgan fingerprint density at radius 3 is 2.20 bits per heavy atom. The Morgan fingerprint density at radius 1 is 0.955 bits per heavy atom. The number of hydrogen-bond donors (Lipinski definition) is 16. The number of nitrogens with one attached hydrogen (secondary N) is 2. The van der Waals surface area contributed by atoms with Crippen LogP contribution in [0.1, 0.15) is 32.9 Å². The average Bonchev–Trinajstić information content (AvgIpc) is 3.78. The van der Waals surface area contributed by atoms with E-state index in [2.05, 4.69) is 34.4 Å². The molecule has 1 saturated heterocycles. The van der Waals surface area contributed by atoms with Crippen LogP contribution >= 0.6 is 34.4 Å². The zero-order valence-electron chi connectivity index (χ0n) is 34.3. The van der Waals surface area contributed by atoms with Crippen molar-refractivity contribution in [2.75, 3.05) is 44.4 Å². The Kier molecular flexibility index (Phi) is 20.4. The van der Waals surface area contributed by atoms with E-state index in [4.69, 9.17) is 29.7 Å². The van der Waals surface area contributed by atoms with Gasteiger partial charge in [-0.2, -0.15) is 4.31 Å². The first-order valence-corrected chi connectivity index (χ1v) is 24.7. The van der Waals surface area contributed by atoms with E-state index in [-0.39, 0.29) is 17.0 Å². The number of fused-ring (bicyclic) bond motifs is 1. The highest BCUT2D eigenvalue weighted by atomic mass is 32.2. The average molecular weight is 1030 g/mol. The van der Waals surface area contributed by atoms with Crippen molar-refractivity contribution in [2.45, 2.75) is 81.7 Å². The van der Waals surface area contributed by atoms with E-state index in [0.29, 0.717) is 0 Å². The van der Waals surface area contributed by atoms with Crippen LogP contribution in [0.3, 0.4) is 0 Å². The summed E-state index contributed by atoms with van der Waals surface area (Å²) in [7, 11) is -19.4. The molecule has 376 valence electrons. The SMILES string of the molecule is CC(C)(COP(=O)(O)OP(=O)(O)OC[C@H]1O[C@@H](n2cnc3c(N)ncnc32)[C@H](O)[C@@H]1OP(=O)(O)O)C(O)C(=O)NCCC(=O)NCC[SH](C(=O)CC(=O)O)C(=O)[C@H](O)[C@@H](O)[C@H](O)[C@H](O)CO. The van der Waals surface area contributed by atoms with Crippen molar-refractivity contribution in [3.63, 3.8) is 0 Å². The number of carboxylic acids is 1. The molecule has 32 nitrogen and oxygen atoms in total. The number of aromatic nitrogens is 4. The quantitative estimate of drug-likeness (QED) is 0.0237. The lowest BCUT2D eigenvalue weighted by atomic mass is 9.87. The number of nitrogens with zero attached hydrogens (tertiary/aromatic N) is 4. The molecular formula is C30H50N7O25P3S. The second-order valence-electron chi connectivity index (χ2n) is 14.7. The molecule has 2 aromatic rings. The minimum Gasteiger partial charge on any atom is -0.481 e. The van der Waals surface area contributed by atoms with Crippen molar-refractivity contribution in [1.29, 1.82) is 0 Å². The van der Waals surface area contributed by atoms with Crippen molar-refractivity contribution < 1.29 is 121 Å². The molecule has 66 heavy (non-hydrogen) atoms. The number of aliphatic hydroxyl groups excluding tert-OH is 7. The number of phosphoric acid groups is 3. The number of amides is 2. The summed E-state index contributed by atoms with van der Waals surface area (Å²) in [5.41, 5.74) is 4.00. The van der Waals surface area contributed by atoms with Crippen LogP contribution in [0.4, 0.5) is 5.82 Å². The van der Waals surface area contributed by atoms with Crippen molar-refractivity contribution in [3.05, 3.63) is 12.7 Å². The third-order valence-electron chi connectivity index (χ3n) is 9.11. The molecule has 12 atom stereocenters. The summed E-state index contributed by atoms with van der Waals surface area (Å²) < 4.78 is 62.0. The van der Waals surface area contributed by atoms with Gasteiger partial charge in [0.1, 0.15) is 67.1 Å². The fourth-order valence-corrected chi connectivity index (χ4v) is 10.3. The summed E-state index contributed by atoms with van der Waals surface area (Å²) in [5, 5.41) is 80.8. The number of carboxylic acid groups (broad SMARTS) is 1. The second kappa shape index (κ2) is 23.7. The summed E-state index contributed by atoms with van der Waals surface area (Å²) >= 11 is 0. The normalized spacial score (nSPS) is 22.8. The summed E-state index contributed by atoms with van der Waals surface area (Å²) in [4.78, 5) is 112. The molecule has 3 rings (SSSR count). The highest BCUT2D eigenvalue weighted by Crippen LogP contribution is 2.61. The molecule has 2 aromatic heterocycles. The molecule has 0 bridgehead atoms. The van der Waals surface area contributed by atoms with Gasteiger partial charge in [0.2, 0.25) is 16.9 Å². The van der Waals surface area contributed by atoms with Crippen LogP contribution in [-0.2, 0) is 60.3 Å². The zero-order chi connectivity index (χ0) is 50.1. The minimum absolute atomic E-state index is 0.0143. The van der Waals surface area contributed by atoms with E-state index in [9.17, 15) is 87.9 Å². The van der Waals surface area contributed by atoms with E-state index < -0.39 is 174 Å². The lowest BCUT2D eigenvalue weighted by Crippen LogP contribution is -2.49. The Hall–Kier alpha value is -3.50. The molecule has 1 fully saturated rings. The lowest BCUT2D eigenvalue weighted by Gasteiger charge is -2.30. The molecule has 4 unspecified atom stereocenters. The Bertz CT molecular complexity index is 2200. The Balaban J connectivity index is 1.52. The smallest absolute Gasteiger partial charge is 0.481 e. The number of ether oxygens (including phenoxy) is 1. The molecular weight excluding hydrogens is 983 g/mol. The Morgan fingerprint density at radius 2 is 1.59 bits per heavy atom. The third-order valence-corrected chi connectivity index (χ3v) is 14.4. The molecule has 0 spiro atoms. The van der Waals surface area contributed by atoms with Crippen LogP contribution in [0.5, 0.6) is 0 Å². The third kappa shape index (κ3) is 16.1. The van der Waals surface area contributed by atoms with Crippen LogP contribution in [0.2, 0.25) is 0 Å². The number of imidazole rings is 1. The van der Waals surface area contributed by atoms with Crippen molar-refractivity contribution in [1.82, 2.24) is 30.2 Å². The summed E-state index contributed by atoms with van der Waals surface area (Å²) in [5.74, 6) is -4.28. The predicted octanol–water partition coefficient (Wildman–Crippen LogP) is -5.63. The van der Waals surface area contributed by atoms with Gasteiger partial charge >= 0.3 is 29.4 Å². The number of aliphatic hydroxyl groups is 7. The second-order valence-corrected chi connectivity index (χ2v) is 21.2. The maximum atomic E-state index is 12.8. The number of phosphoric ester groups is 3. The van der Waals surface area contributed by atoms with Gasteiger partial charge in [-0.15, -0.1) is 10.9 Å². The molecule has 0 aromatic carbocycles. The first-order chi connectivity index (χ1) is 30.4. The van der Waals surface area contributed by atoms with E-state index >= 15 is 0 Å². The predicted molar refractivity (Wildman–Crippen MR) is 217 cm³/mol. The number of aliphatic carboxylic acids is 1. The van der Waals surface area contributed by atoms with E-state index in [1.54, 1.807) is 0 Å². The fourth-order valence-electron chi connectivity index (χ4n) is 5.66. The first kappa shape index (κ1) is 56.8. The summed E-state index contributed by atoms with van der Waals surface area (Å²) in [6, 6.07) is 0. The molecule has 3 heterocycles. The molecule has 1 aliphatic heterocycles. The van der Waals surface area contributed by atoms with Gasteiger partial charge in [0.25, 0.3) is 0 Å². The topological polar surface area (TPSA) is 519 Å². The summed E-state index contributed by atoms with van der Waals surface area (Å²) in [6.45, 7) is -1.98. The van der Waals surface area contributed by atoms with Crippen molar-refractivity contribution in [3.8, 4) is 0 Å². The monoisotopic (exact) mass is 1030 g/mol. The minimum atomic E-state index is -5.67. The van der Waals surface area contributed by atoms with Gasteiger partial charge in [0.15, 0.2) is 22.8 Å². The number of nitrogens with two attached hydrogens (primary N) is 1. The molecule has 0 saturated carbocycles. The maximum Gasteiger partial charge on any atom is 0.481 e. The number of thiol groups is 1. The molecule has 1 aliphatic rings. The number of rotatable bonds is 26. The fraction of sp³-hybridized carbons (Fsp3) is 0.667. The van der Waals surface area contributed by atoms with Crippen LogP contribution in [0, 0.1) is 5.41 Å². The lowest BCUT2D eigenvalue weighted by molar-refractivity contribution is -0.140. The highest BCUT2D eigenvalue weighted by molar-refractivity contribution is 8.41. The molecule has 0 radical (unpaired) electrons. The summed E-state index contributed by atoms with van der Waals surface area (Å²) in [6.07, 6.45) is -18.1. The van der Waals surface area contributed by atoms with Gasteiger partial charge in [-0.05, 0) is 0 Å². The molecule has 36 heteroatoms. The standard InChI is InChI=1S/C30H50N7O25P3S/c1-30(2,24(48)27(49)33-4-3-15(40)32-5-6-66(17(43)7-16(41)42)29(50)21(46)20(45)19(44)13(39)8-38)10-59-65(56,57)62-64(54,55)58-9-14-23(61-63(51,52)53)22(47)28(60-14)37-12-36-18-25(31)34-11-35-26(18)37/h11-14,19-24,28,38-39,44-48,66H,3-10H2,1-2H3,(H,32,40)(H,33,49)(H,41,42)(H,54,55)(H,56,57)(H2,31,34,35)(H2,51,52,53)/t13-,14-,19-,20+,21-,22-,23-,24?,28-/m1/s1. The Labute approximate surface area is 373 Å². The van der Waals surface area contributed by atoms with Crippen molar-refractivity contribution in [2.24, 2.45) is 5.41 Å². The van der Waals surface area contributed by atoms with E-state index in [1.807, 2.05) is 0 Å². The molecule has 0 aliphatic carbocycles. The number of carbonyl (C=O) groups is 5. The number of nitrogen functional groups attached to an aromatic ring is 1. The maximum absolute atomic E-state index is 12.8. The van der Waals surface area contributed by atoms with Crippen LogP contribution in [0.25, 0.3) is 11.2 Å². The van der Waals surface area contributed by atoms with E-state index in [0.717, 1.165) is 31.1 Å². The number of carbonyl (C=O) groups excluding carboxylic acids is 4. The zero-order valence-corrected chi connectivity index (χ0v) is 37.9. The van der Waals surface area contributed by atoms with Gasteiger partial charge in [-0.3, -0.25) is 42.1 Å². The number of hydrogen-bond acceptors (Lipinski definition) is 24. The van der Waals surface area contributed by atoms with Crippen LogP contribution in [0.15, 0.2) is 12.7 Å². The van der Waals surface area contributed by atoms with Gasteiger partial charge in [0.05, 0.1) is 26.1 Å².